The predicted octanol–water partition coefficient (Wildman–Crippen LogP) is 1.65. The van der Waals surface area contributed by atoms with Gasteiger partial charge in [-0.15, -0.1) is 0 Å². The molecule has 0 aliphatic heterocycles. The molecule has 0 aromatic heterocycles. The number of para-hydroxylation sites is 1. The number of carbonyl (C=O) groups is 1. The molecule has 0 spiro atoms. The summed E-state index contributed by atoms with van der Waals surface area (Å²) in [5.41, 5.74) is 6.45. The first-order valence-corrected chi connectivity index (χ1v) is 5.79. The lowest BCUT2D eigenvalue weighted by Gasteiger charge is -2.28. The van der Waals surface area contributed by atoms with E-state index in [9.17, 15) is 9.90 Å². The van der Waals surface area contributed by atoms with Gasteiger partial charge in [0.1, 0.15) is 5.75 Å². The summed E-state index contributed by atoms with van der Waals surface area (Å²) < 4.78 is 0. The average molecular weight is 236 g/mol. The molecule has 17 heavy (non-hydrogen) atoms. The van der Waals surface area contributed by atoms with Crippen molar-refractivity contribution in [2.75, 3.05) is 7.05 Å². The Balaban J connectivity index is 2.87. The molecule has 2 atom stereocenters. The zero-order valence-electron chi connectivity index (χ0n) is 10.6. The SMILES string of the molecule is CC[C@@H](N)C(=O)N(C)C(C)c1ccccc1O. The fourth-order valence-corrected chi connectivity index (χ4v) is 1.68. The van der Waals surface area contributed by atoms with E-state index in [1.165, 1.54) is 0 Å². The van der Waals surface area contributed by atoms with Gasteiger partial charge in [0.25, 0.3) is 0 Å². The quantitative estimate of drug-likeness (QED) is 0.835. The molecule has 1 rings (SSSR count). The summed E-state index contributed by atoms with van der Waals surface area (Å²) in [6.07, 6.45) is 0.608. The van der Waals surface area contributed by atoms with Crippen molar-refractivity contribution in [2.45, 2.75) is 32.4 Å². The number of phenolic OH excluding ortho intramolecular Hbond substituents is 1. The zero-order chi connectivity index (χ0) is 13.0. The van der Waals surface area contributed by atoms with Crippen LogP contribution in [0.5, 0.6) is 5.75 Å². The maximum absolute atomic E-state index is 11.9. The molecular weight excluding hydrogens is 216 g/mol. The lowest BCUT2D eigenvalue weighted by molar-refractivity contribution is -0.133. The lowest BCUT2D eigenvalue weighted by Crippen LogP contribution is -2.42. The van der Waals surface area contributed by atoms with Gasteiger partial charge < -0.3 is 15.7 Å². The number of hydrogen-bond donors (Lipinski definition) is 2. The van der Waals surface area contributed by atoms with Crippen molar-refractivity contribution in [3.05, 3.63) is 29.8 Å². The predicted molar refractivity (Wildman–Crippen MR) is 67.6 cm³/mol. The van der Waals surface area contributed by atoms with E-state index in [0.717, 1.165) is 5.56 Å². The Hall–Kier alpha value is -1.55. The molecule has 0 fully saturated rings. The van der Waals surface area contributed by atoms with E-state index in [1.807, 2.05) is 19.9 Å². The molecule has 1 unspecified atom stereocenters. The second kappa shape index (κ2) is 5.68. The minimum atomic E-state index is -0.478. The number of hydrogen-bond acceptors (Lipinski definition) is 3. The molecule has 1 aromatic rings. The van der Waals surface area contributed by atoms with E-state index in [-0.39, 0.29) is 17.7 Å². The summed E-state index contributed by atoms with van der Waals surface area (Å²) in [7, 11) is 1.70. The van der Waals surface area contributed by atoms with Gasteiger partial charge in [0.05, 0.1) is 12.1 Å². The number of nitrogens with zero attached hydrogens (tertiary/aromatic N) is 1. The standard InChI is InChI=1S/C13H20N2O2/c1-4-11(14)13(17)15(3)9(2)10-7-5-6-8-12(10)16/h5-9,11,16H,4,14H2,1-3H3/t9?,11-/m1/s1. The van der Waals surface area contributed by atoms with Crippen molar-refractivity contribution < 1.29 is 9.90 Å². The minimum absolute atomic E-state index is 0.108. The van der Waals surface area contributed by atoms with E-state index < -0.39 is 6.04 Å². The fraction of sp³-hybridized carbons (Fsp3) is 0.462. The molecule has 4 nitrogen and oxygen atoms in total. The van der Waals surface area contributed by atoms with E-state index in [4.69, 9.17) is 5.73 Å². The second-order valence-corrected chi connectivity index (χ2v) is 4.20. The Bertz CT molecular complexity index is 393. The highest BCUT2D eigenvalue weighted by Gasteiger charge is 2.23. The van der Waals surface area contributed by atoms with Crippen LogP contribution in [-0.2, 0) is 4.79 Å². The van der Waals surface area contributed by atoms with Crippen LogP contribution in [0.1, 0.15) is 31.9 Å². The number of benzene rings is 1. The van der Waals surface area contributed by atoms with Gasteiger partial charge in [-0.1, -0.05) is 25.1 Å². The van der Waals surface area contributed by atoms with Crippen molar-refractivity contribution in [3.8, 4) is 5.75 Å². The molecule has 0 bridgehead atoms. The van der Waals surface area contributed by atoms with Crippen LogP contribution >= 0.6 is 0 Å². The maximum atomic E-state index is 11.9. The van der Waals surface area contributed by atoms with Crippen LogP contribution in [-0.4, -0.2) is 29.0 Å². The average Bonchev–Trinajstić information content (AvgIpc) is 2.35. The smallest absolute Gasteiger partial charge is 0.239 e. The number of phenols is 1. The molecule has 1 amide bonds. The molecule has 0 radical (unpaired) electrons. The van der Waals surface area contributed by atoms with E-state index >= 15 is 0 Å². The van der Waals surface area contributed by atoms with Crippen molar-refractivity contribution in [2.24, 2.45) is 5.73 Å². The molecule has 0 saturated heterocycles. The number of amides is 1. The van der Waals surface area contributed by atoms with Crippen LogP contribution in [0.15, 0.2) is 24.3 Å². The first-order valence-electron chi connectivity index (χ1n) is 5.79. The Morgan fingerprint density at radius 1 is 1.47 bits per heavy atom. The summed E-state index contributed by atoms with van der Waals surface area (Å²) in [4.78, 5) is 13.5. The summed E-state index contributed by atoms with van der Waals surface area (Å²) in [5.74, 6) is 0.0907. The first-order chi connectivity index (χ1) is 7.99. The van der Waals surface area contributed by atoms with E-state index in [1.54, 1.807) is 30.1 Å². The Kier molecular flexibility index (Phi) is 4.52. The molecule has 0 aliphatic rings. The molecule has 4 heteroatoms. The first kappa shape index (κ1) is 13.5. The Morgan fingerprint density at radius 3 is 2.59 bits per heavy atom. The third-order valence-corrected chi connectivity index (χ3v) is 3.07. The van der Waals surface area contributed by atoms with Crippen LogP contribution in [0.3, 0.4) is 0 Å². The minimum Gasteiger partial charge on any atom is -0.508 e. The van der Waals surface area contributed by atoms with Crippen molar-refractivity contribution >= 4 is 5.91 Å². The molecule has 0 heterocycles. The Labute approximate surface area is 102 Å². The summed E-state index contributed by atoms with van der Waals surface area (Å²) in [6, 6.07) is 6.34. The van der Waals surface area contributed by atoms with Crippen LogP contribution in [0.2, 0.25) is 0 Å². The Morgan fingerprint density at radius 2 is 2.06 bits per heavy atom. The highest BCUT2D eigenvalue weighted by molar-refractivity contribution is 5.81. The highest BCUT2D eigenvalue weighted by Crippen LogP contribution is 2.27. The number of aromatic hydroxyl groups is 1. The normalized spacial score (nSPS) is 14.1. The molecular formula is C13H20N2O2. The monoisotopic (exact) mass is 236 g/mol. The van der Waals surface area contributed by atoms with Gasteiger partial charge in [0.15, 0.2) is 0 Å². The highest BCUT2D eigenvalue weighted by atomic mass is 16.3. The van der Waals surface area contributed by atoms with Crippen molar-refractivity contribution in [1.82, 2.24) is 4.90 Å². The van der Waals surface area contributed by atoms with Crippen LogP contribution in [0.4, 0.5) is 0 Å². The third kappa shape index (κ3) is 2.97. The lowest BCUT2D eigenvalue weighted by atomic mass is 10.1. The number of carbonyl (C=O) groups excluding carboxylic acids is 1. The van der Waals surface area contributed by atoms with Crippen LogP contribution in [0, 0.1) is 0 Å². The second-order valence-electron chi connectivity index (χ2n) is 4.20. The summed E-state index contributed by atoms with van der Waals surface area (Å²) in [6.45, 7) is 3.75. The molecule has 1 aromatic carbocycles. The van der Waals surface area contributed by atoms with E-state index in [0.29, 0.717) is 6.42 Å². The van der Waals surface area contributed by atoms with Gasteiger partial charge in [-0.2, -0.15) is 0 Å². The van der Waals surface area contributed by atoms with Gasteiger partial charge in [-0.25, -0.2) is 0 Å². The number of likely N-dealkylation sites (N-methyl/N-ethyl adjacent to an activating group) is 1. The molecule has 3 N–H and O–H groups in total. The topological polar surface area (TPSA) is 66.6 Å². The number of rotatable bonds is 4. The van der Waals surface area contributed by atoms with Crippen molar-refractivity contribution in [3.63, 3.8) is 0 Å². The zero-order valence-corrected chi connectivity index (χ0v) is 10.6. The van der Waals surface area contributed by atoms with Gasteiger partial charge in [0.2, 0.25) is 5.91 Å². The summed E-state index contributed by atoms with van der Waals surface area (Å²) in [5, 5.41) is 9.74. The van der Waals surface area contributed by atoms with Gasteiger partial charge in [-0.05, 0) is 19.4 Å². The van der Waals surface area contributed by atoms with Crippen LogP contribution < -0.4 is 5.73 Å². The van der Waals surface area contributed by atoms with Crippen LogP contribution in [0.25, 0.3) is 0 Å². The van der Waals surface area contributed by atoms with E-state index in [2.05, 4.69) is 0 Å². The molecule has 0 aliphatic carbocycles. The summed E-state index contributed by atoms with van der Waals surface area (Å²) >= 11 is 0. The largest absolute Gasteiger partial charge is 0.508 e. The maximum Gasteiger partial charge on any atom is 0.239 e. The van der Waals surface area contributed by atoms with Gasteiger partial charge >= 0.3 is 0 Å². The molecule has 0 saturated carbocycles. The van der Waals surface area contributed by atoms with Crippen molar-refractivity contribution in [1.29, 1.82) is 0 Å². The molecule has 94 valence electrons. The number of nitrogens with two attached hydrogens (primary N) is 1. The fourth-order valence-electron chi connectivity index (χ4n) is 1.68. The van der Waals surface area contributed by atoms with Gasteiger partial charge in [-0.3, -0.25) is 4.79 Å². The third-order valence-electron chi connectivity index (χ3n) is 3.07. The van der Waals surface area contributed by atoms with Gasteiger partial charge in [0, 0.05) is 12.6 Å².